The molecule has 1 saturated carbocycles. The van der Waals surface area contributed by atoms with Crippen LogP contribution in [0.5, 0.6) is 0 Å². The summed E-state index contributed by atoms with van der Waals surface area (Å²) in [6, 6.07) is 0.698. The van der Waals surface area contributed by atoms with Crippen LogP contribution in [-0.4, -0.2) is 59.3 Å². The van der Waals surface area contributed by atoms with Gasteiger partial charge in [-0.1, -0.05) is 6.92 Å². The molecule has 1 saturated heterocycles. The third-order valence-corrected chi connectivity index (χ3v) is 5.98. The molecule has 1 amide bonds. The maximum Gasteiger partial charge on any atom is 0.237 e. The van der Waals surface area contributed by atoms with Gasteiger partial charge in [0, 0.05) is 25.0 Å². The highest BCUT2D eigenvalue weighted by atomic mass is 16.5. The first-order valence-electron chi connectivity index (χ1n) is 10.1. The van der Waals surface area contributed by atoms with Crippen molar-refractivity contribution in [3.8, 4) is 0 Å². The molecule has 5 heteroatoms. The Labute approximate surface area is 152 Å². The van der Waals surface area contributed by atoms with Crippen LogP contribution in [0.3, 0.4) is 0 Å². The van der Waals surface area contributed by atoms with E-state index in [0.717, 1.165) is 70.1 Å². The first-order valence-corrected chi connectivity index (χ1v) is 10.1. The van der Waals surface area contributed by atoms with Crippen LogP contribution in [0, 0.1) is 5.92 Å². The largest absolute Gasteiger partial charge is 0.501 e. The van der Waals surface area contributed by atoms with Crippen LogP contribution in [-0.2, 0) is 9.53 Å². The lowest BCUT2D eigenvalue weighted by Crippen LogP contribution is -2.54. The van der Waals surface area contributed by atoms with E-state index in [0.29, 0.717) is 18.5 Å². The van der Waals surface area contributed by atoms with Gasteiger partial charge in [-0.25, -0.2) is 0 Å². The first-order chi connectivity index (χ1) is 12.1. The summed E-state index contributed by atoms with van der Waals surface area (Å²) in [7, 11) is 1.74. The van der Waals surface area contributed by atoms with Gasteiger partial charge >= 0.3 is 0 Å². The molecule has 5 nitrogen and oxygen atoms in total. The van der Waals surface area contributed by atoms with Crippen molar-refractivity contribution in [2.75, 3.05) is 20.2 Å². The quantitative estimate of drug-likeness (QED) is 0.767. The molecule has 2 aliphatic carbocycles. The van der Waals surface area contributed by atoms with E-state index in [-0.39, 0.29) is 11.9 Å². The lowest BCUT2D eigenvalue weighted by Gasteiger charge is -2.43. The monoisotopic (exact) mass is 350 g/mol. The molecular weight excluding hydrogens is 316 g/mol. The second-order valence-electron chi connectivity index (χ2n) is 7.86. The molecule has 3 rings (SSSR count). The summed E-state index contributed by atoms with van der Waals surface area (Å²) >= 11 is 0. The summed E-state index contributed by atoms with van der Waals surface area (Å²) in [6.07, 6.45) is 11.1. The molecule has 25 heavy (non-hydrogen) atoms. The number of amides is 1. The average molecular weight is 351 g/mol. The Balaban J connectivity index is 1.70. The fourth-order valence-electron chi connectivity index (χ4n) is 4.52. The molecule has 0 bridgehead atoms. The minimum absolute atomic E-state index is 0.196. The summed E-state index contributed by atoms with van der Waals surface area (Å²) in [4.78, 5) is 17.0. The van der Waals surface area contributed by atoms with Crippen molar-refractivity contribution in [3.63, 3.8) is 0 Å². The molecule has 0 radical (unpaired) electrons. The van der Waals surface area contributed by atoms with Crippen molar-refractivity contribution in [2.24, 2.45) is 5.92 Å². The van der Waals surface area contributed by atoms with Gasteiger partial charge < -0.3 is 14.7 Å². The van der Waals surface area contributed by atoms with Crippen molar-refractivity contribution in [1.29, 1.82) is 0 Å². The maximum atomic E-state index is 12.9. The van der Waals surface area contributed by atoms with Crippen LogP contribution in [0.25, 0.3) is 0 Å². The van der Waals surface area contributed by atoms with E-state index < -0.39 is 6.23 Å². The predicted molar refractivity (Wildman–Crippen MR) is 97.8 cm³/mol. The number of aliphatic hydroxyl groups excluding tert-OH is 1. The van der Waals surface area contributed by atoms with Gasteiger partial charge in [-0.05, 0) is 63.4 Å². The number of nitrogens with zero attached hydrogens (tertiary/aromatic N) is 2. The Kier molecular flexibility index (Phi) is 6.39. The lowest BCUT2D eigenvalue weighted by atomic mass is 9.83. The van der Waals surface area contributed by atoms with E-state index in [1.54, 1.807) is 7.11 Å². The van der Waals surface area contributed by atoms with Crippen molar-refractivity contribution >= 4 is 5.91 Å². The van der Waals surface area contributed by atoms with Crippen LogP contribution in [0.15, 0.2) is 11.8 Å². The molecule has 142 valence electrons. The second kappa shape index (κ2) is 8.54. The number of methoxy groups -OCH3 is 1. The zero-order chi connectivity index (χ0) is 17.8. The molecule has 0 aromatic carbocycles. The first kappa shape index (κ1) is 18.7. The van der Waals surface area contributed by atoms with Gasteiger partial charge in [0.15, 0.2) is 0 Å². The van der Waals surface area contributed by atoms with E-state index in [9.17, 15) is 9.90 Å². The Hall–Kier alpha value is -1.07. The molecule has 1 N–H and O–H groups in total. The van der Waals surface area contributed by atoms with Gasteiger partial charge in [-0.3, -0.25) is 9.69 Å². The molecular formula is C20H34N2O3. The minimum Gasteiger partial charge on any atom is -0.501 e. The van der Waals surface area contributed by atoms with Crippen LogP contribution in [0.1, 0.15) is 64.7 Å². The van der Waals surface area contributed by atoms with Gasteiger partial charge in [0.1, 0.15) is 6.23 Å². The van der Waals surface area contributed by atoms with E-state index >= 15 is 0 Å². The summed E-state index contributed by atoms with van der Waals surface area (Å²) < 4.78 is 5.47. The van der Waals surface area contributed by atoms with Crippen LogP contribution in [0.2, 0.25) is 0 Å². The summed E-state index contributed by atoms with van der Waals surface area (Å²) in [5.74, 6) is 1.64. The van der Waals surface area contributed by atoms with E-state index in [1.165, 1.54) is 0 Å². The number of piperidine rings is 1. The summed E-state index contributed by atoms with van der Waals surface area (Å²) in [5, 5.41) is 10.6. The van der Waals surface area contributed by atoms with Gasteiger partial charge in [0.05, 0.1) is 19.4 Å². The highest BCUT2D eigenvalue weighted by molar-refractivity contribution is 5.79. The highest BCUT2D eigenvalue weighted by Crippen LogP contribution is 2.35. The van der Waals surface area contributed by atoms with E-state index in [4.69, 9.17) is 4.74 Å². The number of carbonyl (C=O) groups excluding carboxylic acids is 1. The topological polar surface area (TPSA) is 53.0 Å². The molecule has 0 aromatic rings. The Morgan fingerprint density at radius 3 is 2.76 bits per heavy atom. The summed E-state index contributed by atoms with van der Waals surface area (Å²) in [5.41, 5.74) is 0. The van der Waals surface area contributed by atoms with E-state index in [2.05, 4.69) is 22.8 Å². The number of likely N-dealkylation sites (tertiary alicyclic amines) is 1. The van der Waals surface area contributed by atoms with Crippen molar-refractivity contribution in [1.82, 2.24) is 9.80 Å². The zero-order valence-electron chi connectivity index (χ0n) is 15.8. The standard InChI is InChI=1S/C20H34N2O3/c1-3-12-21(16-10-11-16)20(24)14-22-18(8-5-9-19(22)23)15-6-4-7-17(13-15)25-2/h13,15-16,18-19,23H,3-12,14H2,1-2H3. The van der Waals surface area contributed by atoms with Crippen molar-refractivity contribution < 1.29 is 14.6 Å². The van der Waals surface area contributed by atoms with Gasteiger partial charge in [0.25, 0.3) is 0 Å². The third kappa shape index (κ3) is 4.56. The van der Waals surface area contributed by atoms with Crippen LogP contribution >= 0.6 is 0 Å². The number of rotatable bonds is 7. The van der Waals surface area contributed by atoms with Gasteiger partial charge in [0.2, 0.25) is 5.91 Å². The second-order valence-corrected chi connectivity index (χ2v) is 7.86. The van der Waals surface area contributed by atoms with Crippen LogP contribution in [0.4, 0.5) is 0 Å². The minimum atomic E-state index is -0.494. The van der Waals surface area contributed by atoms with Crippen LogP contribution < -0.4 is 0 Å². The molecule has 0 aromatic heterocycles. The van der Waals surface area contributed by atoms with Crippen molar-refractivity contribution in [2.45, 2.75) is 83.0 Å². The Bertz CT molecular complexity index is 489. The average Bonchev–Trinajstić information content (AvgIpc) is 3.46. The SMILES string of the molecule is CCCN(C(=O)CN1C(O)CCCC1C1C=C(OC)CCC1)C1CC1. The molecule has 3 atom stereocenters. The fraction of sp³-hybridized carbons (Fsp3) is 0.850. The Morgan fingerprint density at radius 1 is 1.28 bits per heavy atom. The number of carbonyl (C=O) groups is 1. The van der Waals surface area contributed by atoms with Gasteiger partial charge in [-0.2, -0.15) is 0 Å². The third-order valence-electron chi connectivity index (χ3n) is 5.98. The van der Waals surface area contributed by atoms with Crippen molar-refractivity contribution in [3.05, 3.63) is 11.8 Å². The fourth-order valence-corrected chi connectivity index (χ4v) is 4.52. The maximum absolute atomic E-state index is 12.9. The zero-order valence-corrected chi connectivity index (χ0v) is 15.8. The number of allylic oxidation sites excluding steroid dienone is 1. The molecule has 1 heterocycles. The molecule has 3 aliphatic rings. The van der Waals surface area contributed by atoms with E-state index in [1.807, 2.05) is 0 Å². The Morgan fingerprint density at radius 2 is 2.08 bits per heavy atom. The predicted octanol–water partition coefficient (Wildman–Crippen LogP) is 2.89. The number of ether oxygens (including phenoxy) is 1. The highest BCUT2D eigenvalue weighted by Gasteiger charge is 2.38. The normalized spacial score (nSPS) is 30.7. The number of hydrogen-bond donors (Lipinski definition) is 1. The summed E-state index contributed by atoms with van der Waals surface area (Å²) in [6.45, 7) is 3.32. The smallest absolute Gasteiger partial charge is 0.237 e. The number of hydrogen-bond acceptors (Lipinski definition) is 4. The molecule has 1 aliphatic heterocycles. The van der Waals surface area contributed by atoms with Gasteiger partial charge in [-0.15, -0.1) is 0 Å². The molecule has 3 unspecified atom stereocenters. The molecule has 0 spiro atoms. The number of aliphatic hydroxyl groups is 1. The molecule has 2 fully saturated rings. The lowest BCUT2D eigenvalue weighted by molar-refractivity contribution is -0.141.